The fourth-order valence-corrected chi connectivity index (χ4v) is 2.39. The van der Waals surface area contributed by atoms with Crippen LogP contribution in [0, 0.1) is 0 Å². The van der Waals surface area contributed by atoms with Crippen molar-refractivity contribution >= 4 is 7.82 Å². The molecule has 0 amide bonds. The number of para-hydroxylation sites is 2. The van der Waals surface area contributed by atoms with Crippen LogP contribution in [0.3, 0.4) is 0 Å². The molecule has 0 fully saturated rings. The van der Waals surface area contributed by atoms with E-state index in [1.165, 1.54) is 6.92 Å². The summed E-state index contributed by atoms with van der Waals surface area (Å²) in [7, 11) is -4.23. The lowest BCUT2D eigenvalue weighted by molar-refractivity contribution is 0.00111. The zero-order valence-electron chi connectivity index (χ0n) is 10.9. The van der Waals surface area contributed by atoms with E-state index in [-0.39, 0.29) is 5.75 Å². The Labute approximate surface area is 117 Å². The molecule has 0 heterocycles. The van der Waals surface area contributed by atoms with Crippen LogP contribution in [0.5, 0.6) is 11.5 Å². The van der Waals surface area contributed by atoms with Crippen molar-refractivity contribution in [2.45, 2.75) is 13.2 Å². The number of rotatable bonds is 6. The van der Waals surface area contributed by atoms with Gasteiger partial charge in [0.1, 0.15) is 11.5 Å². The average molecular weight is 294 g/mol. The molecular weight excluding hydrogens is 279 g/mol. The molecule has 6 heteroatoms. The molecule has 1 N–H and O–H groups in total. The minimum absolute atomic E-state index is 0.255. The number of phosphoric acid groups is 1. The second-order valence-electron chi connectivity index (χ2n) is 3.98. The van der Waals surface area contributed by atoms with Crippen molar-refractivity contribution in [3.05, 3.63) is 60.7 Å². The first kappa shape index (κ1) is 14.6. The summed E-state index contributed by atoms with van der Waals surface area (Å²) in [5, 5.41) is 0. The molecule has 2 aromatic carbocycles. The lowest BCUT2D eigenvalue weighted by atomic mass is 10.3. The van der Waals surface area contributed by atoms with Gasteiger partial charge >= 0.3 is 7.82 Å². The van der Waals surface area contributed by atoms with Gasteiger partial charge in [0, 0.05) is 0 Å². The van der Waals surface area contributed by atoms with E-state index in [9.17, 15) is 9.46 Å². The van der Waals surface area contributed by atoms with E-state index in [2.05, 4.69) is 0 Å². The molecule has 0 bridgehead atoms. The monoisotopic (exact) mass is 294 g/mol. The predicted molar refractivity (Wildman–Crippen MR) is 74.5 cm³/mol. The molecule has 106 valence electrons. The number of phosphoric ester groups is 1. The van der Waals surface area contributed by atoms with Crippen LogP contribution in [0.2, 0.25) is 0 Å². The van der Waals surface area contributed by atoms with Crippen LogP contribution in [-0.4, -0.2) is 11.2 Å². The van der Waals surface area contributed by atoms with Gasteiger partial charge in [-0.1, -0.05) is 36.4 Å². The van der Waals surface area contributed by atoms with E-state index >= 15 is 0 Å². The van der Waals surface area contributed by atoms with Gasteiger partial charge in [0.2, 0.25) is 6.29 Å². The van der Waals surface area contributed by atoms with E-state index in [0.29, 0.717) is 5.75 Å². The fourth-order valence-electron chi connectivity index (χ4n) is 1.54. The zero-order chi connectivity index (χ0) is 14.4. The Morgan fingerprint density at radius 2 is 1.45 bits per heavy atom. The van der Waals surface area contributed by atoms with Gasteiger partial charge in [-0.3, -0.25) is 4.89 Å². The van der Waals surface area contributed by atoms with Crippen LogP contribution in [-0.2, 0) is 9.09 Å². The third-order valence-electron chi connectivity index (χ3n) is 2.29. The van der Waals surface area contributed by atoms with Crippen molar-refractivity contribution in [2.24, 2.45) is 0 Å². The topological polar surface area (TPSA) is 65.0 Å². The Morgan fingerprint density at radius 1 is 0.950 bits per heavy atom. The first-order chi connectivity index (χ1) is 9.55. The predicted octanol–water partition coefficient (Wildman–Crippen LogP) is 3.61. The number of hydrogen-bond donors (Lipinski definition) is 1. The molecule has 5 nitrogen and oxygen atoms in total. The molecule has 0 aliphatic carbocycles. The minimum Gasteiger partial charge on any atom is -0.465 e. The van der Waals surface area contributed by atoms with E-state index in [0.717, 1.165) is 0 Å². The Bertz CT molecular complexity index is 573. The Balaban J connectivity index is 1.92. The van der Waals surface area contributed by atoms with Crippen LogP contribution < -0.4 is 9.26 Å². The van der Waals surface area contributed by atoms with Gasteiger partial charge in [0.05, 0.1) is 0 Å². The summed E-state index contributed by atoms with van der Waals surface area (Å²) in [6, 6.07) is 17.2. The van der Waals surface area contributed by atoms with Crippen LogP contribution in [0.4, 0.5) is 0 Å². The van der Waals surface area contributed by atoms with Gasteiger partial charge in [-0.05, 0) is 31.2 Å². The maximum absolute atomic E-state index is 11.8. The van der Waals surface area contributed by atoms with Crippen LogP contribution >= 0.6 is 7.82 Å². The Kier molecular flexibility index (Phi) is 4.79. The van der Waals surface area contributed by atoms with Crippen molar-refractivity contribution in [3.63, 3.8) is 0 Å². The van der Waals surface area contributed by atoms with Gasteiger partial charge in [-0.2, -0.15) is 0 Å². The first-order valence-electron chi connectivity index (χ1n) is 6.03. The summed E-state index contributed by atoms with van der Waals surface area (Å²) in [6.07, 6.45) is -0.919. The Hall–Kier alpha value is -1.81. The standard InChI is InChI=1S/C14H15O5P/c1-12(17-13-8-4-2-5-9-13)18-20(15,16)19-14-10-6-3-7-11-14/h2-12H,1H3,(H,15,16). The summed E-state index contributed by atoms with van der Waals surface area (Å²) in [4.78, 5) is 9.65. The summed E-state index contributed by atoms with van der Waals surface area (Å²) < 4.78 is 27.0. The van der Waals surface area contributed by atoms with Gasteiger partial charge in [0.15, 0.2) is 0 Å². The van der Waals surface area contributed by atoms with Gasteiger partial charge in [-0.15, -0.1) is 0 Å². The maximum Gasteiger partial charge on any atom is 0.530 e. The summed E-state index contributed by atoms with van der Waals surface area (Å²) in [6.45, 7) is 1.52. The van der Waals surface area contributed by atoms with Crippen molar-refractivity contribution in [2.75, 3.05) is 0 Å². The largest absolute Gasteiger partial charge is 0.530 e. The molecule has 0 aromatic heterocycles. The summed E-state index contributed by atoms with van der Waals surface area (Å²) >= 11 is 0. The normalized spacial score (nSPS) is 15.1. The molecule has 0 aliphatic rings. The van der Waals surface area contributed by atoms with Gasteiger partial charge < -0.3 is 9.26 Å². The molecule has 0 saturated heterocycles. The van der Waals surface area contributed by atoms with E-state index in [1.54, 1.807) is 54.6 Å². The van der Waals surface area contributed by atoms with Crippen molar-refractivity contribution in [1.29, 1.82) is 0 Å². The molecule has 2 rings (SSSR count). The van der Waals surface area contributed by atoms with Gasteiger partial charge in [0.25, 0.3) is 0 Å². The van der Waals surface area contributed by atoms with Crippen LogP contribution in [0.25, 0.3) is 0 Å². The lowest BCUT2D eigenvalue weighted by Gasteiger charge is -2.18. The smallest absolute Gasteiger partial charge is 0.465 e. The molecule has 2 unspecified atom stereocenters. The van der Waals surface area contributed by atoms with Crippen molar-refractivity contribution in [3.8, 4) is 11.5 Å². The number of hydrogen-bond acceptors (Lipinski definition) is 4. The maximum atomic E-state index is 11.8. The van der Waals surface area contributed by atoms with Crippen molar-refractivity contribution < 1.29 is 23.2 Å². The highest BCUT2D eigenvalue weighted by molar-refractivity contribution is 7.47. The Morgan fingerprint density at radius 3 is 2.00 bits per heavy atom. The minimum atomic E-state index is -4.23. The molecule has 2 aromatic rings. The van der Waals surface area contributed by atoms with E-state index in [4.69, 9.17) is 13.8 Å². The SMILES string of the molecule is CC(Oc1ccccc1)OP(=O)(O)Oc1ccccc1. The molecular formula is C14H15O5P. The third kappa shape index (κ3) is 4.70. The van der Waals surface area contributed by atoms with E-state index < -0.39 is 14.1 Å². The van der Waals surface area contributed by atoms with Gasteiger partial charge in [-0.25, -0.2) is 9.09 Å². The quantitative estimate of drug-likeness (QED) is 0.651. The highest BCUT2D eigenvalue weighted by atomic mass is 31.2. The first-order valence-corrected chi connectivity index (χ1v) is 7.52. The average Bonchev–Trinajstić information content (AvgIpc) is 2.39. The van der Waals surface area contributed by atoms with Crippen LogP contribution in [0.15, 0.2) is 60.7 Å². The number of ether oxygens (including phenoxy) is 1. The fraction of sp³-hybridized carbons (Fsp3) is 0.143. The third-order valence-corrected chi connectivity index (χ3v) is 3.30. The molecule has 0 radical (unpaired) electrons. The summed E-state index contributed by atoms with van der Waals surface area (Å²) in [5.74, 6) is 0.796. The highest BCUT2D eigenvalue weighted by Crippen LogP contribution is 2.45. The molecule has 20 heavy (non-hydrogen) atoms. The highest BCUT2D eigenvalue weighted by Gasteiger charge is 2.27. The zero-order valence-corrected chi connectivity index (χ0v) is 11.8. The van der Waals surface area contributed by atoms with Crippen molar-refractivity contribution in [1.82, 2.24) is 0 Å². The lowest BCUT2D eigenvalue weighted by Crippen LogP contribution is -2.16. The molecule has 2 atom stereocenters. The number of benzene rings is 2. The second-order valence-corrected chi connectivity index (χ2v) is 5.31. The molecule has 0 aliphatic heterocycles. The second kappa shape index (κ2) is 6.57. The van der Waals surface area contributed by atoms with Crippen LogP contribution in [0.1, 0.15) is 6.92 Å². The summed E-state index contributed by atoms with van der Waals surface area (Å²) in [5.41, 5.74) is 0. The molecule has 0 spiro atoms. The van der Waals surface area contributed by atoms with E-state index in [1.807, 2.05) is 6.07 Å². The molecule has 0 saturated carbocycles.